The number of aromatic hydroxyl groups is 1. The summed E-state index contributed by atoms with van der Waals surface area (Å²) in [5.41, 5.74) is 0.497. The summed E-state index contributed by atoms with van der Waals surface area (Å²) in [4.78, 5) is 10.9. The summed E-state index contributed by atoms with van der Waals surface area (Å²) in [7, 11) is -3.67. The van der Waals surface area contributed by atoms with Crippen molar-refractivity contribution in [1.82, 2.24) is 4.57 Å². The van der Waals surface area contributed by atoms with Gasteiger partial charge < -0.3 is 9.52 Å². The van der Waals surface area contributed by atoms with Crippen molar-refractivity contribution in [3.05, 3.63) is 16.2 Å². The normalized spacial score (nSPS) is 10.8. The van der Waals surface area contributed by atoms with Crippen molar-refractivity contribution in [2.75, 3.05) is 6.26 Å². The molecule has 0 aliphatic rings. The van der Waals surface area contributed by atoms with Gasteiger partial charge in [0.25, 0.3) is 10.1 Å². The van der Waals surface area contributed by atoms with Gasteiger partial charge in [-0.3, -0.25) is 9.12 Å². The van der Waals surface area contributed by atoms with Crippen molar-refractivity contribution in [3.8, 4) is 5.95 Å². The molecule has 0 spiro atoms. The highest BCUT2D eigenvalue weighted by molar-refractivity contribution is 7.85. The Morgan fingerprint density at radius 3 is 2.12 bits per heavy atom. The van der Waals surface area contributed by atoms with Crippen LogP contribution in [-0.2, 0) is 16.7 Å². The van der Waals surface area contributed by atoms with Crippen LogP contribution >= 0.6 is 0 Å². The Morgan fingerprint density at radius 1 is 1.44 bits per heavy atom. The van der Waals surface area contributed by atoms with Crippen LogP contribution in [0, 0.1) is 6.92 Å². The molecule has 0 unspecified atom stereocenters. The average Bonchev–Trinajstić information content (AvgIpc) is 2.30. The van der Waals surface area contributed by atoms with E-state index in [4.69, 9.17) is 9.66 Å². The van der Waals surface area contributed by atoms with Gasteiger partial charge in [-0.2, -0.15) is 8.42 Å². The molecule has 8 heteroatoms. The summed E-state index contributed by atoms with van der Waals surface area (Å²) in [5.74, 6) is -0.759. The predicted molar refractivity (Wildman–Crippen MR) is 57.1 cm³/mol. The first-order chi connectivity index (χ1) is 7.16. The molecule has 0 atom stereocenters. The smallest absolute Gasteiger partial charge is 0.422 e. The molecule has 1 aromatic rings. The zero-order valence-corrected chi connectivity index (χ0v) is 10.1. The molecule has 7 nitrogen and oxygen atoms in total. The van der Waals surface area contributed by atoms with E-state index in [1.165, 1.54) is 4.57 Å². The molecule has 1 rings (SSSR count). The Labute approximate surface area is 93.1 Å². The summed E-state index contributed by atoms with van der Waals surface area (Å²) in [6, 6.07) is 0. The maximum Gasteiger partial charge on any atom is 0.422 e. The van der Waals surface area contributed by atoms with Gasteiger partial charge in [0.05, 0.1) is 6.26 Å². The standard InChI is InChI=1S/C7H11NO3.CH4O3S/c1-3-4-8-5(2)6(9)11-7(8)10;1-5(2,3)4/h9H,3-4H2,1-2H3;1H3,(H,2,3,4). The van der Waals surface area contributed by atoms with E-state index in [1.807, 2.05) is 6.92 Å². The van der Waals surface area contributed by atoms with Crippen LogP contribution in [0.2, 0.25) is 0 Å². The first-order valence-corrected chi connectivity index (χ1v) is 6.33. The van der Waals surface area contributed by atoms with Crippen molar-refractivity contribution in [1.29, 1.82) is 0 Å². The van der Waals surface area contributed by atoms with Gasteiger partial charge in [0, 0.05) is 6.54 Å². The molecule has 16 heavy (non-hydrogen) atoms. The van der Waals surface area contributed by atoms with Crippen LogP contribution in [0.15, 0.2) is 9.21 Å². The van der Waals surface area contributed by atoms with Gasteiger partial charge in [0.2, 0.25) is 0 Å². The monoisotopic (exact) mass is 253 g/mol. The topological polar surface area (TPSA) is 110 Å². The highest BCUT2D eigenvalue weighted by atomic mass is 32.2. The molecule has 0 fully saturated rings. The quantitative estimate of drug-likeness (QED) is 0.737. The molecular weight excluding hydrogens is 238 g/mol. The first kappa shape index (κ1) is 14.7. The van der Waals surface area contributed by atoms with E-state index in [9.17, 15) is 13.2 Å². The minimum Gasteiger partial charge on any atom is -0.479 e. The molecule has 1 aromatic heterocycles. The number of aromatic nitrogens is 1. The zero-order valence-electron chi connectivity index (χ0n) is 9.30. The second kappa shape index (κ2) is 5.71. The molecule has 0 amide bonds. The molecule has 0 radical (unpaired) electrons. The summed E-state index contributed by atoms with van der Waals surface area (Å²) >= 11 is 0. The van der Waals surface area contributed by atoms with Gasteiger partial charge in [0.1, 0.15) is 5.69 Å². The van der Waals surface area contributed by atoms with Crippen LogP contribution in [0.1, 0.15) is 19.0 Å². The summed E-state index contributed by atoms with van der Waals surface area (Å²) in [5, 5.41) is 8.96. The number of hydrogen-bond donors (Lipinski definition) is 2. The zero-order chi connectivity index (χ0) is 12.9. The summed E-state index contributed by atoms with van der Waals surface area (Å²) in [6.07, 6.45) is 1.56. The van der Waals surface area contributed by atoms with Crippen LogP contribution in [0.4, 0.5) is 0 Å². The first-order valence-electron chi connectivity index (χ1n) is 4.48. The van der Waals surface area contributed by atoms with Gasteiger partial charge in [-0.15, -0.1) is 0 Å². The van der Waals surface area contributed by atoms with Gasteiger partial charge >= 0.3 is 11.7 Å². The number of hydrogen-bond acceptors (Lipinski definition) is 5. The minimum absolute atomic E-state index is 0.275. The Balaban J connectivity index is 0.000000385. The average molecular weight is 253 g/mol. The van der Waals surface area contributed by atoms with E-state index in [2.05, 4.69) is 4.42 Å². The van der Waals surface area contributed by atoms with Gasteiger partial charge in [-0.25, -0.2) is 4.79 Å². The third-order valence-corrected chi connectivity index (χ3v) is 1.57. The third kappa shape index (κ3) is 5.56. The molecular formula is C8H15NO6S. The maximum absolute atomic E-state index is 10.9. The van der Waals surface area contributed by atoms with Crippen LogP contribution in [0.25, 0.3) is 0 Å². The summed E-state index contributed by atoms with van der Waals surface area (Å²) < 4.78 is 31.7. The number of nitrogens with zero attached hydrogens (tertiary/aromatic N) is 1. The second-order valence-corrected chi connectivity index (χ2v) is 4.61. The Bertz CT molecular complexity index is 475. The molecule has 0 saturated heterocycles. The second-order valence-electron chi connectivity index (χ2n) is 3.14. The third-order valence-electron chi connectivity index (χ3n) is 1.57. The Morgan fingerprint density at radius 2 is 1.88 bits per heavy atom. The SMILES string of the molecule is CCCn1c(C)c(O)oc1=O.CS(=O)(=O)O. The van der Waals surface area contributed by atoms with Crippen molar-refractivity contribution >= 4 is 10.1 Å². The van der Waals surface area contributed by atoms with Crippen LogP contribution in [-0.4, -0.2) is 28.9 Å². The molecule has 0 bridgehead atoms. The molecule has 2 N–H and O–H groups in total. The lowest BCUT2D eigenvalue weighted by Gasteiger charge is -1.96. The Hall–Kier alpha value is -1.28. The fraction of sp³-hybridized carbons (Fsp3) is 0.625. The lowest BCUT2D eigenvalue weighted by molar-refractivity contribution is 0.315. The largest absolute Gasteiger partial charge is 0.479 e. The molecule has 1 heterocycles. The molecule has 0 aromatic carbocycles. The molecule has 94 valence electrons. The van der Waals surface area contributed by atoms with Crippen LogP contribution < -0.4 is 5.76 Å². The van der Waals surface area contributed by atoms with E-state index in [-0.39, 0.29) is 5.95 Å². The molecule has 0 saturated carbocycles. The predicted octanol–water partition coefficient (Wildman–Crippen LogP) is 0.369. The van der Waals surface area contributed by atoms with Crippen molar-refractivity contribution in [2.45, 2.75) is 26.8 Å². The summed E-state index contributed by atoms with van der Waals surface area (Å²) in [6.45, 7) is 4.19. The van der Waals surface area contributed by atoms with E-state index in [1.54, 1.807) is 6.92 Å². The number of rotatable bonds is 2. The lowest BCUT2D eigenvalue weighted by Crippen LogP contribution is -2.14. The van der Waals surface area contributed by atoms with Gasteiger partial charge in [-0.05, 0) is 13.3 Å². The molecule has 0 aliphatic carbocycles. The van der Waals surface area contributed by atoms with Gasteiger partial charge in [0.15, 0.2) is 0 Å². The van der Waals surface area contributed by atoms with E-state index < -0.39 is 15.9 Å². The maximum atomic E-state index is 10.9. The Kier molecular flexibility index (Phi) is 5.25. The minimum atomic E-state index is -3.67. The van der Waals surface area contributed by atoms with Crippen LogP contribution in [0.5, 0.6) is 5.95 Å². The fourth-order valence-corrected chi connectivity index (χ4v) is 0.947. The van der Waals surface area contributed by atoms with E-state index in [0.717, 1.165) is 6.42 Å². The van der Waals surface area contributed by atoms with Crippen molar-refractivity contribution in [3.63, 3.8) is 0 Å². The fourth-order valence-electron chi connectivity index (χ4n) is 0.947. The van der Waals surface area contributed by atoms with E-state index >= 15 is 0 Å². The van der Waals surface area contributed by atoms with E-state index in [0.29, 0.717) is 18.5 Å². The lowest BCUT2D eigenvalue weighted by atomic mass is 10.4. The number of oxazole rings is 1. The van der Waals surface area contributed by atoms with Crippen LogP contribution in [0.3, 0.4) is 0 Å². The highest BCUT2D eigenvalue weighted by Crippen LogP contribution is 2.12. The highest BCUT2D eigenvalue weighted by Gasteiger charge is 2.09. The molecule has 0 aliphatic heterocycles. The van der Waals surface area contributed by atoms with Crippen molar-refractivity contribution in [2.24, 2.45) is 0 Å². The van der Waals surface area contributed by atoms with Gasteiger partial charge in [-0.1, -0.05) is 6.92 Å². The van der Waals surface area contributed by atoms with Crippen molar-refractivity contribution < 1.29 is 22.5 Å².